The van der Waals surface area contributed by atoms with Crippen molar-refractivity contribution in [2.75, 3.05) is 26.2 Å². The number of aromatic nitrogens is 2. The Morgan fingerprint density at radius 3 is 2.57 bits per heavy atom. The third kappa shape index (κ3) is 5.11. The van der Waals surface area contributed by atoms with Gasteiger partial charge in [-0.15, -0.1) is 0 Å². The van der Waals surface area contributed by atoms with E-state index in [4.69, 9.17) is 0 Å². The topological polar surface area (TPSA) is 44.0 Å². The minimum absolute atomic E-state index is 0.722. The molecular weight excluding hydrogens is 260 g/mol. The molecular formula is C17H32N4. The molecule has 0 saturated carbocycles. The first-order chi connectivity index (χ1) is 10.1. The maximum absolute atomic E-state index is 4.27. The van der Waals surface area contributed by atoms with E-state index in [9.17, 15) is 0 Å². The monoisotopic (exact) mass is 292 g/mol. The van der Waals surface area contributed by atoms with Crippen molar-refractivity contribution < 1.29 is 0 Å². The molecule has 0 atom stereocenters. The van der Waals surface area contributed by atoms with Crippen LogP contribution >= 0.6 is 0 Å². The normalized spacial score (nSPS) is 17.8. The maximum Gasteiger partial charge on any atom is 0.0625 e. The van der Waals surface area contributed by atoms with Gasteiger partial charge in [-0.05, 0) is 70.6 Å². The van der Waals surface area contributed by atoms with Gasteiger partial charge < -0.3 is 10.2 Å². The average Bonchev–Trinajstić information content (AvgIpc) is 2.76. The van der Waals surface area contributed by atoms with E-state index in [1.165, 1.54) is 50.2 Å². The van der Waals surface area contributed by atoms with Crippen LogP contribution in [0.5, 0.6) is 0 Å². The van der Waals surface area contributed by atoms with Gasteiger partial charge in [-0.3, -0.25) is 5.10 Å². The first kappa shape index (κ1) is 16.5. The van der Waals surface area contributed by atoms with Crippen LogP contribution in [0.15, 0.2) is 0 Å². The second kappa shape index (κ2) is 7.95. The molecule has 2 rings (SSSR count). The predicted molar refractivity (Wildman–Crippen MR) is 88.7 cm³/mol. The number of nitrogens with zero attached hydrogens (tertiary/aromatic N) is 2. The molecule has 2 heterocycles. The Hall–Kier alpha value is -0.870. The van der Waals surface area contributed by atoms with E-state index >= 15 is 0 Å². The van der Waals surface area contributed by atoms with Crippen LogP contribution in [-0.4, -0.2) is 47.3 Å². The van der Waals surface area contributed by atoms with Crippen LogP contribution in [0.1, 0.15) is 50.1 Å². The van der Waals surface area contributed by atoms with Crippen LogP contribution in [0.2, 0.25) is 0 Å². The highest BCUT2D eigenvalue weighted by atomic mass is 15.1. The summed E-state index contributed by atoms with van der Waals surface area (Å²) in [7, 11) is 0. The summed E-state index contributed by atoms with van der Waals surface area (Å²) >= 11 is 0. The molecule has 0 aromatic carbocycles. The highest BCUT2D eigenvalue weighted by Gasteiger charge is 2.18. The Labute approximate surface area is 129 Å². The van der Waals surface area contributed by atoms with Gasteiger partial charge in [0, 0.05) is 18.3 Å². The van der Waals surface area contributed by atoms with Crippen molar-refractivity contribution >= 4 is 0 Å². The molecule has 4 heteroatoms. The van der Waals surface area contributed by atoms with Crippen molar-refractivity contribution in [3.8, 4) is 0 Å². The third-order valence-corrected chi connectivity index (χ3v) is 4.53. The summed E-state index contributed by atoms with van der Waals surface area (Å²) < 4.78 is 0. The van der Waals surface area contributed by atoms with Gasteiger partial charge in [-0.1, -0.05) is 13.8 Å². The van der Waals surface area contributed by atoms with Crippen LogP contribution in [0.4, 0.5) is 0 Å². The molecule has 0 spiro atoms. The van der Waals surface area contributed by atoms with Gasteiger partial charge in [-0.2, -0.15) is 5.10 Å². The van der Waals surface area contributed by atoms with Crippen molar-refractivity contribution in [1.29, 1.82) is 0 Å². The second-order valence-corrected chi connectivity index (χ2v) is 6.94. The van der Waals surface area contributed by atoms with Crippen LogP contribution < -0.4 is 5.32 Å². The molecule has 0 amide bonds. The fraction of sp³-hybridized carbons (Fsp3) is 0.824. The maximum atomic E-state index is 4.27. The molecule has 1 saturated heterocycles. The molecule has 0 bridgehead atoms. The fourth-order valence-corrected chi connectivity index (χ4v) is 3.35. The average molecular weight is 292 g/mol. The van der Waals surface area contributed by atoms with Gasteiger partial charge in [0.15, 0.2) is 0 Å². The van der Waals surface area contributed by atoms with Crippen LogP contribution in [0.25, 0.3) is 0 Å². The second-order valence-electron chi connectivity index (χ2n) is 6.94. The standard InChI is InChI=1S/C17H32N4/c1-13(2)12-21-10-7-16(8-11-21)18-9-5-6-17-14(3)19-20-15(17)4/h13,16,18H,5-12H2,1-4H3,(H,19,20). The Bertz CT molecular complexity index is 397. The van der Waals surface area contributed by atoms with Crippen molar-refractivity contribution in [1.82, 2.24) is 20.4 Å². The molecule has 21 heavy (non-hydrogen) atoms. The van der Waals surface area contributed by atoms with Crippen molar-refractivity contribution in [3.05, 3.63) is 17.0 Å². The van der Waals surface area contributed by atoms with Crippen molar-refractivity contribution in [3.63, 3.8) is 0 Å². The van der Waals surface area contributed by atoms with E-state index in [0.29, 0.717) is 0 Å². The third-order valence-electron chi connectivity index (χ3n) is 4.53. The van der Waals surface area contributed by atoms with Gasteiger partial charge in [0.2, 0.25) is 0 Å². The number of hydrogen-bond donors (Lipinski definition) is 2. The van der Waals surface area contributed by atoms with Crippen LogP contribution in [0.3, 0.4) is 0 Å². The number of rotatable bonds is 7. The van der Waals surface area contributed by atoms with Crippen LogP contribution in [0, 0.1) is 19.8 Å². The predicted octanol–water partition coefficient (Wildman–Crippen LogP) is 2.67. The van der Waals surface area contributed by atoms with E-state index < -0.39 is 0 Å². The number of aromatic amines is 1. The van der Waals surface area contributed by atoms with E-state index in [1.807, 2.05) is 0 Å². The lowest BCUT2D eigenvalue weighted by Gasteiger charge is -2.33. The van der Waals surface area contributed by atoms with Gasteiger partial charge in [0.05, 0.1) is 5.69 Å². The number of hydrogen-bond acceptors (Lipinski definition) is 3. The van der Waals surface area contributed by atoms with Gasteiger partial charge >= 0.3 is 0 Å². The molecule has 1 aromatic rings. The number of aryl methyl sites for hydroxylation is 2. The SMILES string of the molecule is Cc1n[nH]c(C)c1CCCNC1CCN(CC(C)C)CC1. The first-order valence-electron chi connectivity index (χ1n) is 8.52. The Morgan fingerprint density at radius 2 is 2.00 bits per heavy atom. The summed E-state index contributed by atoms with van der Waals surface area (Å²) in [6.07, 6.45) is 4.94. The van der Waals surface area contributed by atoms with E-state index in [0.717, 1.165) is 30.6 Å². The molecule has 4 nitrogen and oxygen atoms in total. The largest absolute Gasteiger partial charge is 0.314 e. The molecule has 1 aliphatic rings. The minimum Gasteiger partial charge on any atom is -0.314 e. The van der Waals surface area contributed by atoms with Crippen molar-refractivity contribution in [2.24, 2.45) is 5.92 Å². The number of likely N-dealkylation sites (tertiary alicyclic amines) is 1. The highest BCUT2D eigenvalue weighted by molar-refractivity contribution is 5.23. The zero-order valence-corrected chi connectivity index (χ0v) is 14.2. The molecule has 1 aliphatic heterocycles. The zero-order chi connectivity index (χ0) is 15.2. The van der Waals surface area contributed by atoms with E-state index in [2.05, 4.69) is 48.1 Å². The molecule has 2 N–H and O–H groups in total. The number of piperidine rings is 1. The van der Waals surface area contributed by atoms with Crippen LogP contribution in [-0.2, 0) is 6.42 Å². The molecule has 0 aliphatic carbocycles. The molecule has 0 radical (unpaired) electrons. The fourth-order valence-electron chi connectivity index (χ4n) is 3.35. The van der Waals surface area contributed by atoms with Crippen molar-refractivity contribution in [2.45, 2.75) is 59.4 Å². The lowest BCUT2D eigenvalue weighted by atomic mass is 10.0. The van der Waals surface area contributed by atoms with E-state index in [1.54, 1.807) is 0 Å². The highest BCUT2D eigenvalue weighted by Crippen LogP contribution is 2.13. The summed E-state index contributed by atoms with van der Waals surface area (Å²) in [5, 5.41) is 11.1. The zero-order valence-electron chi connectivity index (χ0n) is 14.2. The molecule has 1 aromatic heterocycles. The first-order valence-corrected chi connectivity index (χ1v) is 8.52. The lowest BCUT2D eigenvalue weighted by molar-refractivity contribution is 0.180. The summed E-state index contributed by atoms with van der Waals surface area (Å²) in [5.41, 5.74) is 3.80. The minimum atomic E-state index is 0.722. The summed E-state index contributed by atoms with van der Waals surface area (Å²) in [6.45, 7) is 13.7. The Kier molecular flexibility index (Phi) is 6.24. The summed E-state index contributed by atoms with van der Waals surface area (Å²) in [5.74, 6) is 0.788. The molecule has 1 fully saturated rings. The Morgan fingerprint density at radius 1 is 1.29 bits per heavy atom. The Balaban J connectivity index is 1.60. The number of H-pyrrole nitrogens is 1. The smallest absolute Gasteiger partial charge is 0.0625 e. The molecule has 120 valence electrons. The molecule has 0 unspecified atom stereocenters. The van der Waals surface area contributed by atoms with Gasteiger partial charge in [0.1, 0.15) is 0 Å². The quantitative estimate of drug-likeness (QED) is 0.759. The van der Waals surface area contributed by atoms with E-state index in [-0.39, 0.29) is 0 Å². The summed E-state index contributed by atoms with van der Waals surface area (Å²) in [4.78, 5) is 2.61. The van der Waals surface area contributed by atoms with Gasteiger partial charge in [-0.25, -0.2) is 0 Å². The lowest BCUT2D eigenvalue weighted by Crippen LogP contribution is -2.43. The number of nitrogens with one attached hydrogen (secondary N) is 2. The van der Waals surface area contributed by atoms with Gasteiger partial charge in [0.25, 0.3) is 0 Å². The summed E-state index contributed by atoms with van der Waals surface area (Å²) in [6, 6.07) is 0.722.